The molecule has 0 saturated heterocycles. The molecule has 0 aliphatic heterocycles. The van der Waals surface area contributed by atoms with Crippen LogP contribution in [0.15, 0.2) is 11.4 Å². The maximum Gasteiger partial charge on any atom is 0.265 e. The monoisotopic (exact) mass is 301 g/mol. The van der Waals surface area contributed by atoms with E-state index >= 15 is 0 Å². The van der Waals surface area contributed by atoms with Gasteiger partial charge in [-0.3, -0.25) is 4.79 Å². The number of rotatable bonds is 5. The minimum Gasteiger partial charge on any atom is -0.495 e. The van der Waals surface area contributed by atoms with Gasteiger partial charge in [0.2, 0.25) is 0 Å². The lowest BCUT2D eigenvalue weighted by molar-refractivity contribution is 0.0938. The number of thiophene rings is 1. The first-order valence-electron chi connectivity index (χ1n) is 6.72. The lowest BCUT2D eigenvalue weighted by atomic mass is 9.80. The number of methoxy groups -OCH3 is 1. The number of alkyl halides is 1. The maximum absolute atomic E-state index is 12.1. The molecule has 1 heterocycles. The van der Waals surface area contributed by atoms with Crippen molar-refractivity contribution in [3.8, 4) is 5.75 Å². The molecule has 1 N–H and O–H groups in total. The SMILES string of the molecule is COc1ccsc1C(=O)NCC1CCCCC1CCl. The lowest BCUT2D eigenvalue weighted by Crippen LogP contribution is -2.34. The van der Waals surface area contributed by atoms with Crippen LogP contribution in [0.4, 0.5) is 0 Å². The fourth-order valence-corrected chi connectivity index (χ4v) is 3.86. The highest BCUT2D eigenvalue weighted by Gasteiger charge is 2.25. The molecule has 1 aliphatic carbocycles. The Balaban J connectivity index is 1.89. The summed E-state index contributed by atoms with van der Waals surface area (Å²) in [6, 6.07) is 1.82. The van der Waals surface area contributed by atoms with Crippen molar-refractivity contribution in [2.75, 3.05) is 19.5 Å². The number of amides is 1. The molecular weight excluding hydrogens is 282 g/mol. The topological polar surface area (TPSA) is 38.3 Å². The summed E-state index contributed by atoms with van der Waals surface area (Å²) in [4.78, 5) is 12.8. The van der Waals surface area contributed by atoms with Crippen molar-refractivity contribution >= 4 is 28.8 Å². The van der Waals surface area contributed by atoms with E-state index in [1.54, 1.807) is 7.11 Å². The van der Waals surface area contributed by atoms with Gasteiger partial charge in [-0.1, -0.05) is 12.8 Å². The van der Waals surface area contributed by atoms with Crippen LogP contribution >= 0.6 is 22.9 Å². The highest BCUT2D eigenvalue weighted by atomic mass is 35.5. The third-order valence-electron chi connectivity index (χ3n) is 3.84. The first kappa shape index (κ1) is 14.7. The first-order valence-corrected chi connectivity index (χ1v) is 8.13. The Morgan fingerprint density at radius 3 is 2.89 bits per heavy atom. The zero-order chi connectivity index (χ0) is 13.7. The molecule has 106 valence electrons. The van der Waals surface area contributed by atoms with E-state index in [2.05, 4.69) is 5.32 Å². The average Bonchev–Trinajstić information content (AvgIpc) is 2.93. The Morgan fingerprint density at radius 1 is 1.47 bits per heavy atom. The van der Waals surface area contributed by atoms with Crippen LogP contribution in [-0.4, -0.2) is 25.4 Å². The standard InChI is InChI=1S/C14H20ClNO2S/c1-18-12-6-7-19-13(12)14(17)16-9-11-5-3-2-4-10(11)8-15/h6-7,10-11H,2-5,8-9H2,1H3,(H,16,17). The molecule has 1 aromatic rings. The van der Waals surface area contributed by atoms with Crippen molar-refractivity contribution in [1.29, 1.82) is 0 Å². The highest BCUT2D eigenvalue weighted by Crippen LogP contribution is 2.30. The van der Waals surface area contributed by atoms with Gasteiger partial charge in [0.25, 0.3) is 5.91 Å². The summed E-state index contributed by atoms with van der Waals surface area (Å²) in [5, 5.41) is 4.90. The normalized spacial score (nSPS) is 23.1. The van der Waals surface area contributed by atoms with Gasteiger partial charge in [0.1, 0.15) is 10.6 Å². The molecule has 5 heteroatoms. The van der Waals surface area contributed by atoms with E-state index in [9.17, 15) is 4.79 Å². The molecule has 1 amide bonds. The van der Waals surface area contributed by atoms with Crippen molar-refractivity contribution < 1.29 is 9.53 Å². The third-order valence-corrected chi connectivity index (χ3v) is 5.14. The molecule has 1 aromatic heterocycles. The van der Waals surface area contributed by atoms with E-state index in [0.717, 1.165) is 6.54 Å². The van der Waals surface area contributed by atoms with E-state index in [-0.39, 0.29) is 5.91 Å². The number of halogens is 1. The minimum absolute atomic E-state index is 0.0363. The summed E-state index contributed by atoms with van der Waals surface area (Å²) in [6.45, 7) is 0.720. The Labute approximate surface area is 123 Å². The van der Waals surface area contributed by atoms with Gasteiger partial charge in [-0.15, -0.1) is 22.9 Å². The second-order valence-electron chi connectivity index (χ2n) is 4.99. The highest BCUT2D eigenvalue weighted by molar-refractivity contribution is 7.12. The fourth-order valence-electron chi connectivity index (χ4n) is 2.68. The summed E-state index contributed by atoms with van der Waals surface area (Å²) in [7, 11) is 1.59. The molecule has 2 rings (SSSR count). The summed E-state index contributed by atoms with van der Waals surface area (Å²) in [5.74, 6) is 2.37. The second kappa shape index (κ2) is 7.15. The lowest BCUT2D eigenvalue weighted by Gasteiger charge is -2.30. The molecule has 1 fully saturated rings. The summed E-state index contributed by atoms with van der Waals surface area (Å²) in [6.07, 6.45) is 4.86. The Bertz CT molecular complexity index is 421. The average molecular weight is 302 g/mol. The van der Waals surface area contributed by atoms with Gasteiger partial charge in [0.15, 0.2) is 0 Å². The van der Waals surface area contributed by atoms with Gasteiger partial charge in [-0.05, 0) is 36.1 Å². The van der Waals surface area contributed by atoms with E-state index in [1.807, 2.05) is 11.4 Å². The van der Waals surface area contributed by atoms with E-state index in [4.69, 9.17) is 16.3 Å². The predicted molar refractivity (Wildman–Crippen MR) is 79.4 cm³/mol. The Hall–Kier alpha value is -0.740. The van der Waals surface area contributed by atoms with E-state index in [1.165, 1.54) is 37.0 Å². The molecule has 0 aromatic carbocycles. The van der Waals surface area contributed by atoms with Crippen LogP contribution < -0.4 is 10.1 Å². The predicted octanol–water partition coefficient (Wildman–Crippen LogP) is 3.53. The van der Waals surface area contributed by atoms with Crippen molar-refractivity contribution in [1.82, 2.24) is 5.32 Å². The summed E-state index contributed by atoms with van der Waals surface area (Å²) < 4.78 is 5.17. The number of hydrogen-bond acceptors (Lipinski definition) is 3. The minimum atomic E-state index is -0.0363. The van der Waals surface area contributed by atoms with Gasteiger partial charge in [-0.25, -0.2) is 0 Å². The molecule has 1 aliphatic rings. The zero-order valence-electron chi connectivity index (χ0n) is 11.2. The molecule has 0 bridgehead atoms. The Morgan fingerprint density at radius 2 is 2.21 bits per heavy atom. The molecule has 2 atom stereocenters. The number of hydrogen-bond donors (Lipinski definition) is 1. The van der Waals surface area contributed by atoms with Gasteiger partial charge < -0.3 is 10.1 Å². The number of carbonyl (C=O) groups is 1. The van der Waals surface area contributed by atoms with E-state index < -0.39 is 0 Å². The zero-order valence-corrected chi connectivity index (χ0v) is 12.7. The second-order valence-corrected chi connectivity index (χ2v) is 6.21. The molecule has 0 radical (unpaired) electrons. The van der Waals surface area contributed by atoms with E-state index in [0.29, 0.717) is 28.3 Å². The Kier molecular flexibility index (Phi) is 5.52. The maximum atomic E-state index is 12.1. The summed E-state index contributed by atoms with van der Waals surface area (Å²) in [5.41, 5.74) is 0. The largest absolute Gasteiger partial charge is 0.495 e. The van der Waals surface area contributed by atoms with Crippen molar-refractivity contribution in [3.05, 3.63) is 16.3 Å². The molecule has 2 unspecified atom stereocenters. The third kappa shape index (κ3) is 3.63. The number of carbonyl (C=O) groups excluding carboxylic acids is 1. The van der Waals surface area contributed by atoms with Crippen LogP contribution in [0.2, 0.25) is 0 Å². The summed E-state index contributed by atoms with van der Waals surface area (Å²) >= 11 is 7.42. The first-order chi connectivity index (χ1) is 9.26. The van der Waals surface area contributed by atoms with Gasteiger partial charge in [0.05, 0.1) is 7.11 Å². The van der Waals surface area contributed by atoms with Crippen LogP contribution in [0.3, 0.4) is 0 Å². The van der Waals surface area contributed by atoms with Crippen LogP contribution in [0.1, 0.15) is 35.4 Å². The molecular formula is C14H20ClNO2S. The smallest absolute Gasteiger partial charge is 0.265 e. The van der Waals surface area contributed by atoms with Crippen molar-refractivity contribution in [2.24, 2.45) is 11.8 Å². The molecule has 19 heavy (non-hydrogen) atoms. The quantitative estimate of drug-likeness (QED) is 0.845. The van der Waals surface area contributed by atoms with Crippen LogP contribution in [0.5, 0.6) is 5.75 Å². The molecule has 3 nitrogen and oxygen atoms in total. The van der Waals surface area contributed by atoms with Gasteiger partial charge in [-0.2, -0.15) is 0 Å². The molecule has 1 saturated carbocycles. The van der Waals surface area contributed by atoms with Crippen LogP contribution in [0, 0.1) is 11.8 Å². The van der Waals surface area contributed by atoms with Crippen molar-refractivity contribution in [3.63, 3.8) is 0 Å². The molecule has 0 spiro atoms. The number of ether oxygens (including phenoxy) is 1. The fraction of sp³-hybridized carbons (Fsp3) is 0.643. The van der Waals surface area contributed by atoms with Crippen LogP contribution in [0.25, 0.3) is 0 Å². The van der Waals surface area contributed by atoms with Gasteiger partial charge in [0, 0.05) is 12.4 Å². The van der Waals surface area contributed by atoms with Crippen LogP contribution in [-0.2, 0) is 0 Å². The van der Waals surface area contributed by atoms with Crippen molar-refractivity contribution in [2.45, 2.75) is 25.7 Å². The van der Waals surface area contributed by atoms with Gasteiger partial charge >= 0.3 is 0 Å². The number of nitrogens with one attached hydrogen (secondary N) is 1.